The second-order valence-corrected chi connectivity index (χ2v) is 6.25. The molecular formula is C18H14N2O3S. The number of nitrogens with one attached hydrogen (secondary N) is 1. The van der Waals surface area contributed by atoms with Crippen LogP contribution in [0.25, 0.3) is 6.08 Å². The summed E-state index contributed by atoms with van der Waals surface area (Å²) < 4.78 is 0. The lowest BCUT2D eigenvalue weighted by Gasteiger charge is -2.02. The molecule has 1 aliphatic rings. The number of amides is 2. The number of thioether (sulfide) groups is 1. The first-order valence-corrected chi connectivity index (χ1v) is 8.21. The minimum atomic E-state index is -0.421. The van der Waals surface area contributed by atoms with Crippen LogP contribution in [0.1, 0.15) is 28.0 Å². The number of benzene rings is 1. The Balaban J connectivity index is 1.64. The summed E-state index contributed by atoms with van der Waals surface area (Å²) in [6.45, 7) is 0. The van der Waals surface area contributed by atoms with Crippen molar-refractivity contribution in [2.45, 2.75) is 12.8 Å². The Hall–Kier alpha value is -2.73. The van der Waals surface area contributed by atoms with Crippen LogP contribution in [0.4, 0.5) is 4.79 Å². The van der Waals surface area contributed by atoms with E-state index in [0.29, 0.717) is 29.0 Å². The molecule has 1 aliphatic heterocycles. The maximum atomic E-state index is 12.2. The van der Waals surface area contributed by atoms with Crippen molar-refractivity contribution in [2.24, 2.45) is 0 Å². The van der Waals surface area contributed by atoms with Gasteiger partial charge in [-0.15, -0.1) is 0 Å². The van der Waals surface area contributed by atoms with Gasteiger partial charge < -0.3 is 0 Å². The van der Waals surface area contributed by atoms with Crippen molar-refractivity contribution in [1.82, 2.24) is 10.3 Å². The van der Waals surface area contributed by atoms with Gasteiger partial charge in [0, 0.05) is 18.2 Å². The summed E-state index contributed by atoms with van der Waals surface area (Å²) in [6.07, 6.45) is 4.13. The van der Waals surface area contributed by atoms with E-state index in [0.717, 1.165) is 17.3 Å². The second-order valence-electron chi connectivity index (χ2n) is 5.23. The lowest BCUT2D eigenvalue weighted by atomic mass is 10.0. The van der Waals surface area contributed by atoms with Gasteiger partial charge in [0.15, 0.2) is 5.78 Å². The Morgan fingerprint density at radius 2 is 1.92 bits per heavy atom. The highest BCUT2D eigenvalue weighted by atomic mass is 32.2. The Kier molecular flexibility index (Phi) is 4.86. The third-order valence-corrected chi connectivity index (χ3v) is 4.32. The lowest BCUT2D eigenvalue weighted by molar-refractivity contribution is -0.115. The van der Waals surface area contributed by atoms with E-state index in [4.69, 9.17) is 0 Å². The number of Topliss-reactive ketones (excluding diaryl/α,β-unsaturated/α-hetero) is 1. The molecule has 1 aromatic carbocycles. The molecule has 3 rings (SSSR count). The van der Waals surface area contributed by atoms with E-state index in [2.05, 4.69) is 10.3 Å². The number of carbonyl (C=O) groups is 3. The normalized spacial score (nSPS) is 15.6. The van der Waals surface area contributed by atoms with Crippen LogP contribution in [0.3, 0.4) is 0 Å². The van der Waals surface area contributed by atoms with Gasteiger partial charge in [-0.25, -0.2) is 0 Å². The van der Waals surface area contributed by atoms with Crippen LogP contribution in [-0.2, 0) is 11.2 Å². The topological polar surface area (TPSA) is 76.1 Å². The summed E-state index contributed by atoms with van der Waals surface area (Å²) in [5.41, 5.74) is 2.18. The van der Waals surface area contributed by atoms with Gasteiger partial charge in [-0.1, -0.05) is 30.3 Å². The molecule has 0 spiro atoms. The maximum Gasteiger partial charge on any atom is 0.290 e. The third kappa shape index (κ3) is 3.97. The first-order valence-electron chi connectivity index (χ1n) is 7.40. The van der Waals surface area contributed by atoms with Crippen LogP contribution in [0, 0.1) is 0 Å². The minimum absolute atomic E-state index is 0.0220. The standard InChI is InChI=1S/C18H14N2O3S/c21-15(9-6-12-4-2-1-3-5-12)13-7-8-14(19-11-13)10-16-17(22)20-18(23)24-16/h1-5,7-8,10-11H,6,9H2,(H,20,22,23). The van der Waals surface area contributed by atoms with Gasteiger partial charge in [0.2, 0.25) is 0 Å². The van der Waals surface area contributed by atoms with Crippen LogP contribution < -0.4 is 5.32 Å². The van der Waals surface area contributed by atoms with Gasteiger partial charge in [-0.05, 0) is 42.0 Å². The molecule has 6 heteroatoms. The van der Waals surface area contributed by atoms with E-state index in [9.17, 15) is 14.4 Å². The second kappa shape index (κ2) is 7.23. The number of pyridine rings is 1. The highest BCUT2D eigenvalue weighted by Crippen LogP contribution is 2.25. The van der Waals surface area contributed by atoms with E-state index in [1.54, 1.807) is 12.1 Å². The molecular weight excluding hydrogens is 324 g/mol. The molecule has 120 valence electrons. The van der Waals surface area contributed by atoms with Gasteiger partial charge >= 0.3 is 0 Å². The number of ketones is 1. The zero-order valence-electron chi connectivity index (χ0n) is 12.7. The fraction of sp³-hybridized carbons (Fsp3) is 0.111. The first kappa shape index (κ1) is 16.1. The van der Waals surface area contributed by atoms with Crippen LogP contribution in [0.15, 0.2) is 53.6 Å². The molecule has 0 aliphatic carbocycles. The largest absolute Gasteiger partial charge is 0.294 e. The smallest absolute Gasteiger partial charge is 0.290 e. The Bertz CT molecular complexity index is 814. The lowest BCUT2D eigenvalue weighted by Crippen LogP contribution is -2.17. The molecule has 0 bridgehead atoms. The molecule has 1 N–H and O–H groups in total. The van der Waals surface area contributed by atoms with E-state index in [1.165, 1.54) is 12.3 Å². The van der Waals surface area contributed by atoms with E-state index in [1.807, 2.05) is 30.3 Å². The zero-order chi connectivity index (χ0) is 16.9. The molecule has 1 saturated heterocycles. The van der Waals surface area contributed by atoms with Crippen molar-refractivity contribution in [1.29, 1.82) is 0 Å². The molecule has 2 amide bonds. The van der Waals surface area contributed by atoms with Crippen molar-refractivity contribution in [2.75, 3.05) is 0 Å². The fourth-order valence-electron chi connectivity index (χ4n) is 2.26. The summed E-state index contributed by atoms with van der Waals surface area (Å²) in [6, 6.07) is 13.2. The summed E-state index contributed by atoms with van der Waals surface area (Å²) in [4.78, 5) is 39.3. The van der Waals surface area contributed by atoms with Crippen LogP contribution >= 0.6 is 11.8 Å². The molecule has 0 unspecified atom stereocenters. The number of rotatable bonds is 5. The molecule has 0 saturated carbocycles. The summed E-state index contributed by atoms with van der Waals surface area (Å²) in [5.74, 6) is -0.400. The number of aromatic nitrogens is 1. The predicted octanol–water partition coefficient (Wildman–Crippen LogP) is 3.22. The minimum Gasteiger partial charge on any atom is -0.294 e. The number of nitrogens with zero attached hydrogens (tertiary/aromatic N) is 1. The third-order valence-electron chi connectivity index (χ3n) is 3.51. The van der Waals surface area contributed by atoms with Crippen LogP contribution in [0.2, 0.25) is 0 Å². The number of carbonyl (C=O) groups excluding carboxylic acids is 3. The molecule has 2 aromatic rings. The van der Waals surface area contributed by atoms with Crippen LogP contribution in [0.5, 0.6) is 0 Å². The maximum absolute atomic E-state index is 12.2. The quantitative estimate of drug-likeness (QED) is 0.669. The highest BCUT2D eigenvalue weighted by Gasteiger charge is 2.25. The molecule has 5 nitrogen and oxygen atoms in total. The van der Waals surface area contributed by atoms with Gasteiger partial charge in [0.05, 0.1) is 10.6 Å². The average molecular weight is 338 g/mol. The molecule has 0 atom stereocenters. The molecule has 2 heterocycles. The van der Waals surface area contributed by atoms with Crippen molar-refractivity contribution in [3.8, 4) is 0 Å². The fourth-order valence-corrected chi connectivity index (χ4v) is 2.92. The Morgan fingerprint density at radius 3 is 2.54 bits per heavy atom. The zero-order valence-corrected chi connectivity index (χ0v) is 13.5. The number of imide groups is 1. The van der Waals surface area contributed by atoms with Crippen molar-refractivity contribution < 1.29 is 14.4 Å². The van der Waals surface area contributed by atoms with Gasteiger partial charge in [-0.3, -0.25) is 24.7 Å². The number of aryl methyl sites for hydroxylation is 1. The summed E-state index contributed by atoms with van der Waals surface area (Å²) in [7, 11) is 0. The SMILES string of the molecule is O=C1NC(=O)C(=Cc2ccc(C(=O)CCc3ccccc3)cn2)S1. The van der Waals surface area contributed by atoms with E-state index in [-0.39, 0.29) is 11.0 Å². The van der Waals surface area contributed by atoms with Crippen LogP contribution in [-0.4, -0.2) is 21.9 Å². The summed E-state index contributed by atoms with van der Waals surface area (Å²) in [5, 5.41) is 1.79. The highest BCUT2D eigenvalue weighted by molar-refractivity contribution is 8.18. The summed E-state index contributed by atoms with van der Waals surface area (Å²) >= 11 is 0.839. The van der Waals surface area contributed by atoms with Gasteiger partial charge in [-0.2, -0.15) is 0 Å². The van der Waals surface area contributed by atoms with Gasteiger partial charge in [0.1, 0.15) is 0 Å². The Morgan fingerprint density at radius 1 is 1.12 bits per heavy atom. The van der Waals surface area contributed by atoms with E-state index >= 15 is 0 Å². The Labute approximate surface area is 143 Å². The van der Waals surface area contributed by atoms with Gasteiger partial charge in [0.25, 0.3) is 11.1 Å². The molecule has 24 heavy (non-hydrogen) atoms. The predicted molar refractivity (Wildman–Crippen MR) is 92.4 cm³/mol. The monoisotopic (exact) mass is 338 g/mol. The van der Waals surface area contributed by atoms with E-state index < -0.39 is 5.91 Å². The molecule has 1 aromatic heterocycles. The molecule has 1 fully saturated rings. The average Bonchev–Trinajstić information content (AvgIpc) is 2.91. The van der Waals surface area contributed by atoms with Crippen molar-refractivity contribution in [3.05, 3.63) is 70.4 Å². The number of hydrogen-bond donors (Lipinski definition) is 1. The number of hydrogen-bond acceptors (Lipinski definition) is 5. The van der Waals surface area contributed by atoms with Crippen molar-refractivity contribution >= 4 is 34.8 Å². The molecule has 0 radical (unpaired) electrons. The first-order chi connectivity index (χ1) is 11.6. The van der Waals surface area contributed by atoms with Crippen molar-refractivity contribution in [3.63, 3.8) is 0 Å².